The van der Waals surface area contributed by atoms with Gasteiger partial charge in [-0.25, -0.2) is 0 Å². The van der Waals surface area contributed by atoms with Crippen molar-refractivity contribution in [2.24, 2.45) is 11.5 Å². The van der Waals surface area contributed by atoms with Crippen molar-refractivity contribution in [3.63, 3.8) is 0 Å². The van der Waals surface area contributed by atoms with Gasteiger partial charge in [0.25, 0.3) is 0 Å². The molecule has 0 aromatic heterocycles. The van der Waals surface area contributed by atoms with Crippen LogP contribution in [0.4, 0.5) is 0 Å². The normalized spacial score (nSPS) is 42.2. The lowest BCUT2D eigenvalue weighted by Crippen LogP contribution is -2.46. The summed E-state index contributed by atoms with van der Waals surface area (Å²) in [6.07, 6.45) is 4.09. The number of hydrogen-bond donors (Lipinski definition) is 2. The molecule has 0 fully saturated rings. The highest BCUT2D eigenvalue weighted by Gasteiger charge is 2.30. The SMILES string of the molecule is CC1=CC(C)(N)C(C)=CC1(C)N. The van der Waals surface area contributed by atoms with Crippen LogP contribution in [0.25, 0.3) is 0 Å². The fraction of sp³-hybridized carbons (Fsp3) is 0.600. The van der Waals surface area contributed by atoms with Gasteiger partial charge in [0.05, 0.1) is 11.1 Å². The van der Waals surface area contributed by atoms with Crippen molar-refractivity contribution in [2.45, 2.75) is 38.8 Å². The molecule has 4 N–H and O–H groups in total. The molecule has 0 spiro atoms. The minimum absolute atomic E-state index is 0.317. The van der Waals surface area contributed by atoms with Crippen LogP contribution in [0.3, 0.4) is 0 Å². The van der Waals surface area contributed by atoms with E-state index < -0.39 is 0 Å². The van der Waals surface area contributed by atoms with Gasteiger partial charge in [-0.15, -0.1) is 0 Å². The Morgan fingerprint density at radius 3 is 1.42 bits per heavy atom. The van der Waals surface area contributed by atoms with E-state index in [0.29, 0.717) is 0 Å². The Kier molecular flexibility index (Phi) is 1.93. The highest BCUT2D eigenvalue weighted by atomic mass is 14.8. The lowest BCUT2D eigenvalue weighted by atomic mass is 9.78. The summed E-state index contributed by atoms with van der Waals surface area (Å²) in [6, 6.07) is 0. The largest absolute Gasteiger partial charge is 0.319 e. The number of nitrogens with two attached hydrogens (primary N) is 2. The molecule has 0 radical (unpaired) electrons. The maximum Gasteiger partial charge on any atom is 0.0527 e. The molecule has 1 rings (SSSR count). The second kappa shape index (κ2) is 2.44. The van der Waals surface area contributed by atoms with Gasteiger partial charge in [0.15, 0.2) is 0 Å². The third kappa shape index (κ3) is 1.45. The summed E-state index contributed by atoms with van der Waals surface area (Å²) in [7, 11) is 0. The zero-order chi connectivity index (χ0) is 9.57. The zero-order valence-electron chi connectivity index (χ0n) is 8.31. The van der Waals surface area contributed by atoms with E-state index in [9.17, 15) is 0 Å². The molecule has 0 aromatic carbocycles. The summed E-state index contributed by atoms with van der Waals surface area (Å²) < 4.78 is 0. The average Bonchev–Trinajstić information content (AvgIpc) is 1.82. The maximum atomic E-state index is 6.03. The van der Waals surface area contributed by atoms with Crippen LogP contribution in [0.2, 0.25) is 0 Å². The second-order valence-corrected chi connectivity index (χ2v) is 4.22. The van der Waals surface area contributed by atoms with Crippen molar-refractivity contribution >= 4 is 0 Å². The molecule has 1 aliphatic rings. The van der Waals surface area contributed by atoms with Crippen LogP contribution in [0.5, 0.6) is 0 Å². The third-order valence-corrected chi connectivity index (χ3v) is 2.73. The van der Waals surface area contributed by atoms with Crippen molar-refractivity contribution in [1.29, 1.82) is 0 Å². The van der Waals surface area contributed by atoms with E-state index in [4.69, 9.17) is 11.5 Å². The fourth-order valence-electron chi connectivity index (χ4n) is 1.44. The molecular formula is C10H18N2. The molecule has 68 valence electrons. The summed E-state index contributed by atoms with van der Waals surface area (Å²) in [5, 5.41) is 0. The van der Waals surface area contributed by atoms with Crippen LogP contribution in [0.1, 0.15) is 27.7 Å². The van der Waals surface area contributed by atoms with E-state index in [1.165, 1.54) is 0 Å². The lowest BCUT2D eigenvalue weighted by Gasteiger charge is -2.35. The number of rotatable bonds is 0. The quantitative estimate of drug-likeness (QED) is 0.533. The molecule has 2 nitrogen and oxygen atoms in total. The van der Waals surface area contributed by atoms with Gasteiger partial charge in [0, 0.05) is 0 Å². The molecule has 0 aliphatic heterocycles. The van der Waals surface area contributed by atoms with Crippen LogP contribution in [-0.2, 0) is 0 Å². The Balaban J connectivity index is 3.13. The fourth-order valence-corrected chi connectivity index (χ4v) is 1.44. The Morgan fingerprint density at radius 2 is 1.17 bits per heavy atom. The van der Waals surface area contributed by atoms with E-state index >= 15 is 0 Å². The molecule has 0 saturated carbocycles. The van der Waals surface area contributed by atoms with Gasteiger partial charge in [-0.2, -0.15) is 0 Å². The first-order chi connectivity index (χ1) is 5.26. The predicted octanol–water partition coefficient (Wildman–Crippen LogP) is 1.33. The molecule has 0 saturated heterocycles. The monoisotopic (exact) mass is 166 g/mol. The molecule has 1 aliphatic carbocycles. The summed E-state index contributed by atoms with van der Waals surface area (Å²) >= 11 is 0. The molecule has 2 heteroatoms. The van der Waals surface area contributed by atoms with E-state index in [1.807, 2.05) is 39.8 Å². The molecule has 2 unspecified atom stereocenters. The maximum absolute atomic E-state index is 6.03. The minimum Gasteiger partial charge on any atom is -0.319 e. The second-order valence-electron chi connectivity index (χ2n) is 4.22. The van der Waals surface area contributed by atoms with Gasteiger partial charge >= 0.3 is 0 Å². The van der Waals surface area contributed by atoms with Crippen molar-refractivity contribution in [1.82, 2.24) is 0 Å². The topological polar surface area (TPSA) is 52.0 Å². The van der Waals surface area contributed by atoms with E-state index in [1.54, 1.807) is 0 Å². The Bertz CT molecular complexity index is 229. The molecular weight excluding hydrogens is 148 g/mol. The zero-order valence-corrected chi connectivity index (χ0v) is 8.31. The summed E-state index contributed by atoms with van der Waals surface area (Å²) in [5.74, 6) is 0. The van der Waals surface area contributed by atoms with Crippen molar-refractivity contribution in [2.75, 3.05) is 0 Å². The van der Waals surface area contributed by atoms with Gasteiger partial charge in [0.1, 0.15) is 0 Å². The van der Waals surface area contributed by atoms with Crippen LogP contribution in [0.15, 0.2) is 23.3 Å². The van der Waals surface area contributed by atoms with E-state index in [-0.39, 0.29) is 11.1 Å². The van der Waals surface area contributed by atoms with Gasteiger partial charge in [-0.1, -0.05) is 23.3 Å². The van der Waals surface area contributed by atoms with Gasteiger partial charge in [-0.05, 0) is 27.7 Å². The van der Waals surface area contributed by atoms with Gasteiger partial charge in [-0.3, -0.25) is 0 Å². The first-order valence-electron chi connectivity index (χ1n) is 4.23. The minimum atomic E-state index is -0.317. The smallest absolute Gasteiger partial charge is 0.0527 e. The molecule has 0 aromatic rings. The van der Waals surface area contributed by atoms with Crippen LogP contribution < -0.4 is 11.5 Å². The van der Waals surface area contributed by atoms with Crippen LogP contribution in [-0.4, -0.2) is 11.1 Å². The highest BCUT2D eigenvalue weighted by Crippen LogP contribution is 2.29. The summed E-state index contributed by atoms with van der Waals surface area (Å²) in [4.78, 5) is 0. The average molecular weight is 166 g/mol. The lowest BCUT2D eigenvalue weighted by molar-refractivity contribution is 0.585. The van der Waals surface area contributed by atoms with Crippen molar-refractivity contribution in [3.05, 3.63) is 23.3 Å². The summed E-state index contributed by atoms with van der Waals surface area (Å²) in [5.41, 5.74) is 13.7. The Morgan fingerprint density at radius 1 is 0.917 bits per heavy atom. The standard InChI is InChI=1S/C10H18N2/c1-7-5-10(4,12)8(2)6-9(7,3)11/h5-6H,11-12H2,1-4H3. The van der Waals surface area contributed by atoms with Crippen LogP contribution >= 0.6 is 0 Å². The molecule has 2 atom stereocenters. The molecule has 0 heterocycles. The van der Waals surface area contributed by atoms with Crippen molar-refractivity contribution in [3.8, 4) is 0 Å². The van der Waals surface area contributed by atoms with Crippen molar-refractivity contribution < 1.29 is 0 Å². The van der Waals surface area contributed by atoms with E-state index in [2.05, 4.69) is 0 Å². The molecule has 0 amide bonds. The highest BCUT2D eigenvalue weighted by molar-refractivity contribution is 5.41. The molecule has 0 bridgehead atoms. The van der Waals surface area contributed by atoms with Gasteiger partial charge < -0.3 is 11.5 Å². The van der Waals surface area contributed by atoms with Crippen LogP contribution in [0, 0.1) is 0 Å². The third-order valence-electron chi connectivity index (χ3n) is 2.73. The first-order valence-corrected chi connectivity index (χ1v) is 4.23. The Hall–Kier alpha value is -0.600. The number of hydrogen-bond acceptors (Lipinski definition) is 2. The van der Waals surface area contributed by atoms with Gasteiger partial charge in [0.2, 0.25) is 0 Å². The Labute approximate surface area is 74.3 Å². The molecule has 12 heavy (non-hydrogen) atoms. The summed E-state index contributed by atoms with van der Waals surface area (Å²) in [6.45, 7) is 8.04. The van der Waals surface area contributed by atoms with E-state index in [0.717, 1.165) is 11.1 Å². The predicted molar refractivity (Wildman–Crippen MR) is 52.7 cm³/mol. The first kappa shape index (κ1) is 9.49.